The quantitative estimate of drug-likeness (QED) is 0.387. The predicted octanol–water partition coefficient (Wildman–Crippen LogP) is 4.41. The van der Waals surface area contributed by atoms with Crippen LogP contribution in [0.5, 0.6) is 5.75 Å². The summed E-state index contributed by atoms with van der Waals surface area (Å²) in [5, 5.41) is 18.1. The number of para-hydroxylation sites is 1. The number of fused-ring (bicyclic) bond motifs is 1. The highest BCUT2D eigenvalue weighted by molar-refractivity contribution is 5.92. The molecule has 37 heavy (non-hydrogen) atoms. The molecule has 1 aliphatic rings. The molecule has 8 nitrogen and oxygen atoms in total. The number of ether oxygens (including phenoxy) is 1. The van der Waals surface area contributed by atoms with E-state index in [0.29, 0.717) is 19.7 Å². The minimum atomic E-state index is -0.0930. The van der Waals surface area contributed by atoms with Gasteiger partial charge in [-0.1, -0.05) is 30.3 Å². The van der Waals surface area contributed by atoms with Crippen LogP contribution in [0.3, 0.4) is 0 Å². The number of nitrogens with one attached hydrogen (secondary N) is 1. The molecule has 1 atom stereocenters. The molecule has 1 fully saturated rings. The van der Waals surface area contributed by atoms with E-state index in [1.165, 1.54) is 5.56 Å². The molecule has 1 aliphatic heterocycles. The second kappa shape index (κ2) is 11.0. The maximum absolute atomic E-state index is 13.1. The first-order valence-electron chi connectivity index (χ1n) is 13.1. The second-order valence-electron chi connectivity index (χ2n) is 9.57. The van der Waals surface area contributed by atoms with Crippen molar-refractivity contribution in [3.8, 4) is 11.4 Å². The topological polar surface area (TPSA) is 85.2 Å². The van der Waals surface area contributed by atoms with E-state index in [1.54, 1.807) is 0 Å². The van der Waals surface area contributed by atoms with Gasteiger partial charge >= 0.3 is 0 Å². The highest BCUT2D eigenvalue weighted by Crippen LogP contribution is 2.31. The zero-order valence-corrected chi connectivity index (χ0v) is 21.8. The van der Waals surface area contributed by atoms with Crippen LogP contribution in [0.4, 0.5) is 5.82 Å². The van der Waals surface area contributed by atoms with Gasteiger partial charge in [-0.2, -0.15) is 10.2 Å². The SMILES string of the molecule is CCOc1ccc(CCNC(=O)[C@@H]2CCCN(c3nnc(C)c4c(C)n(-c5ccccc5)nc34)C2)cc1. The van der Waals surface area contributed by atoms with Crippen molar-refractivity contribution in [1.82, 2.24) is 25.3 Å². The number of carbonyl (C=O) groups excluding carboxylic acids is 1. The first kappa shape index (κ1) is 24.7. The van der Waals surface area contributed by atoms with Gasteiger partial charge < -0.3 is 15.0 Å². The van der Waals surface area contributed by atoms with Crippen LogP contribution in [-0.4, -0.2) is 52.1 Å². The summed E-state index contributed by atoms with van der Waals surface area (Å²) in [6.07, 6.45) is 2.58. The minimum Gasteiger partial charge on any atom is -0.494 e. The van der Waals surface area contributed by atoms with E-state index in [-0.39, 0.29) is 11.8 Å². The van der Waals surface area contributed by atoms with Crippen LogP contribution >= 0.6 is 0 Å². The van der Waals surface area contributed by atoms with Crippen molar-refractivity contribution in [3.63, 3.8) is 0 Å². The summed E-state index contributed by atoms with van der Waals surface area (Å²) in [5.74, 6) is 1.63. The van der Waals surface area contributed by atoms with Crippen LogP contribution in [0.15, 0.2) is 54.6 Å². The third-order valence-corrected chi connectivity index (χ3v) is 7.02. The highest BCUT2D eigenvalue weighted by Gasteiger charge is 2.29. The smallest absolute Gasteiger partial charge is 0.224 e. The molecule has 0 bridgehead atoms. The Hall–Kier alpha value is -3.94. The molecule has 5 rings (SSSR count). The molecule has 0 spiro atoms. The molecular formula is C29H34N6O2. The first-order valence-corrected chi connectivity index (χ1v) is 13.1. The minimum absolute atomic E-state index is 0.0930. The van der Waals surface area contributed by atoms with E-state index < -0.39 is 0 Å². The van der Waals surface area contributed by atoms with Gasteiger partial charge in [0.2, 0.25) is 5.91 Å². The van der Waals surface area contributed by atoms with Crippen molar-refractivity contribution >= 4 is 22.6 Å². The number of aromatic nitrogens is 4. The molecule has 0 aliphatic carbocycles. The predicted molar refractivity (Wildman–Crippen MR) is 145 cm³/mol. The van der Waals surface area contributed by atoms with Crippen LogP contribution < -0.4 is 15.0 Å². The van der Waals surface area contributed by atoms with Gasteiger partial charge in [-0.15, -0.1) is 5.10 Å². The van der Waals surface area contributed by atoms with Crippen LogP contribution in [0.25, 0.3) is 16.6 Å². The molecule has 2 aromatic carbocycles. The molecule has 1 amide bonds. The molecule has 8 heteroatoms. The van der Waals surface area contributed by atoms with Crippen molar-refractivity contribution in [1.29, 1.82) is 0 Å². The van der Waals surface area contributed by atoms with Gasteiger partial charge in [0.15, 0.2) is 5.82 Å². The van der Waals surface area contributed by atoms with Crippen molar-refractivity contribution in [2.75, 3.05) is 31.1 Å². The van der Waals surface area contributed by atoms with Gasteiger partial charge in [0.25, 0.3) is 0 Å². The summed E-state index contributed by atoms with van der Waals surface area (Å²) in [6, 6.07) is 18.2. The summed E-state index contributed by atoms with van der Waals surface area (Å²) in [7, 11) is 0. The molecule has 0 radical (unpaired) electrons. The fourth-order valence-electron chi connectivity index (χ4n) is 5.12. The average Bonchev–Trinajstić information content (AvgIpc) is 3.28. The van der Waals surface area contributed by atoms with Crippen LogP contribution in [0, 0.1) is 19.8 Å². The van der Waals surface area contributed by atoms with E-state index in [1.807, 2.05) is 61.0 Å². The Kier molecular flexibility index (Phi) is 7.35. The number of amides is 1. The van der Waals surface area contributed by atoms with Crippen molar-refractivity contribution in [3.05, 3.63) is 71.5 Å². The van der Waals surface area contributed by atoms with Gasteiger partial charge in [0, 0.05) is 19.6 Å². The number of carbonyl (C=O) groups is 1. The lowest BCUT2D eigenvalue weighted by molar-refractivity contribution is -0.125. The molecular weight excluding hydrogens is 464 g/mol. The lowest BCUT2D eigenvalue weighted by Gasteiger charge is -2.32. The van der Waals surface area contributed by atoms with E-state index in [2.05, 4.69) is 39.5 Å². The fourth-order valence-corrected chi connectivity index (χ4v) is 5.12. The normalized spacial score (nSPS) is 15.6. The Morgan fingerprint density at radius 1 is 1.08 bits per heavy atom. The first-order chi connectivity index (χ1) is 18.0. The standard InChI is InChI=1S/C29H34N6O2/c1-4-37-25-14-12-22(13-15-25)16-17-30-29(36)23-9-8-18-34(19-23)28-27-26(20(2)31-32-28)21(3)35(33-27)24-10-6-5-7-11-24/h5-7,10-15,23H,4,8-9,16-19H2,1-3H3,(H,30,36)/t23-/m1/s1. The second-order valence-corrected chi connectivity index (χ2v) is 9.57. The largest absolute Gasteiger partial charge is 0.494 e. The van der Waals surface area contributed by atoms with E-state index in [4.69, 9.17) is 9.84 Å². The summed E-state index contributed by atoms with van der Waals surface area (Å²) in [6.45, 7) is 8.72. The number of aryl methyl sites for hydroxylation is 2. The maximum atomic E-state index is 13.1. The highest BCUT2D eigenvalue weighted by atomic mass is 16.5. The summed E-state index contributed by atoms with van der Waals surface area (Å²) in [4.78, 5) is 15.2. The third kappa shape index (κ3) is 5.28. The molecule has 1 N–H and O–H groups in total. The Labute approximate surface area is 217 Å². The van der Waals surface area contributed by atoms with Crippen LogP contribution in [0.2, 0.25) is 0 Å². The van der Waals surface area contributed by atoms with Gasteiger partial charge in [0.1, 0.15) is 11.3 Å². The monoisotopic (exact) mass is 498 g/mol. The molecule has 192 valence electrons. The third-order valence-electron chi connectivity index (χ3n) is 7.02. The molecule has 4 aromatic rings. The summed E-state index contributed by atoms with van der Waals surface area (Å²) in [5.41, 5.74) is 4.92. The summed E-state index contributed by atoms with van der Waals surface area (Å²) < 4.78 is 7.46. The van der Waals surface area contributed by atoms with E-state index in [0.717, 1.165) is 65.4 Å². The Morgan fingerprint density at radius 2 is 1.86 bits per heavy atom. The number of nitrogens with zero attached hydrogens (tertiary/aromatic N) is 5. The van der Waals surface area contributed by atoms with E-state index >= 15 is 0 Å². The number of benzene rings is 2. The molecule has 0 saturated carbocycles. The molecule has 3 heterocycles. The molecule has 0 unspecified atom stereocenters. The summed E-state index contributed by atoms with van der Waals surface area (Å²) >= 11 is 0. The van der Waals surface area contributed by atoms with Crippen molar-refractivity contribution in [2.24, 2.45) is 5.92 Å². The zero-order chi connectivity index (χ0) is 25.8. The average molecular weight is 499 g/mol. The lowest BCUT2D eigenvalue weighted by atomic mass is 9.97. The number of piperidine rings is 1. The Bertz CT molecular complexity index is 1370. The van der Waals surface area contributed by atoms with Crippen LogP contribution in [-0.2, 0) is 11.2 Å². The van der Waals surface area contributed by atoms with Gasteiger partial charge in [-0.3, -0.25) is 4.79 Å². The molecule has 2 aromatic heterocycles. The zero-order valence-electron chi connectivity index (χ0n) is 21.8. The van der Waals surface area contributed by atoms with E-state index in [9.17, 15) is 4.79 Å². The Morgan fingerprint density at radius 3 is 2.62 bits per heavy atom. The van der Waals surface area contributed by atoms with Gasteiger partial charge in [-0.25, -0.2) is 4.68 Å². The van der Waals surface area contributed by atoms with Gasteiger partial charge in [-0.05, 0) is 69.9 Å². The number of rotatable bonds is 8. The Balaban J connectivity index is 1.28. The number of hydrogen-bond acceptors (Lipinski definition) is 6. The number of hydrogen-bond donors (Lipinski definition) is 1. The van der Waals surface area contributed by atoms with Crippen LogP contribution in [0.1, 0.15) is 36.7 Å². The maximum Gasteiger partial charge on any atom is 0.224 e. The fraction of sp³-hybridized carbons (Fsp3) is 0.379. The number of anilines is 1. The van der Waals surface area contributed by atoms with Gasteiger partial charge in [0.05, 0.1) is 35.0 Å². The van der Waals surface area contributed by atoms with Crippen molar-refractivity contribution < 1.29 is 9.53 Å². The molecule has 1 saturated heterocycles. The lowest BCUT2D eigenvalue weighted by Crippen LogP contribution is -2.44. The van der Waals surface area contributed by atoms with Crippen molar-refractivity contribution in [2.45, 2.75) is 40.0 Å².